The van der Waals surface area contributed by atoms with E-state index in [0.717, 1.165) is 28.3 Å². The Morgan fingerprint density at radius 1 is 1.11 bits per heavy atom. The molecule has 1 atom stereocenters. The number of anilines is 3. The molecule has 7 nitrogen and oxygen atoms in total. The lowest BCUT2D eigenvalue weighted by Crippen LogP contribution is -2.37. The quantitative estimate of drug-likeness (QED) is 0.503. The van der Waals surface area contributed by atoms with Crippen molar-refractivity contribution < 1.29 is 4.74 Å². The molecule has 0 unspecified atom stereocenters. The van der Waals surface area contributed by atoms with Crippen LogP contribution in [0.15, 0.2) is 58.4 Å². The van der Waals surface area contributed by atoms with Crippen molar-refractivity contribution in [3.8, 4) is 5.75 Å². The lowest BCUT2D eigenvalue weighted by atomic mass is 10.1. The number of aromatic nitrogens is 2. The minimum Gasteiger partial charge on any atom is -0.497 e. The monoisotopic (exact) mass is 376 g/mol. The van der Waals surface area contributed by atoms with Gasteiger partial charge in [-0.1, -0.05) is 12.1 Å². The molecule has 0 bridgehead atoms. The van der Waals surface area contributed by atoms with Gasteiger partial charge in [0.15, 0.2) is 0 Å². The molecule has 0 fully saturated rings. The van der Waals surface area contributed by atoms with Crippen molar-refractivity contribution in [2.45, 2.75) is 19.9 Å². The molecule has 28 heavy (non-hydrogen) atoms. The van der Waals surface area contributed by atoms with Crippen LogP contribution in [0.3, 0.4) is 0 Å². The molecule has 142 valence electrons. The second-order valence-corrected chi connectivity index (χ2v) is 6.66. The average molecular weight is 376 g/mol. The third-order valence-electron chi connectivity index (χ3n) is 4.94. The SMILES string of the molecule is COc1cccc([C@@H](C)Nc2c(Nc3ccc4nccn4c3C)c(=O)c2=O)c1. The number of nitrogens with zero attached hydrogens (tertiary/aromatic N) is 2. The minimum absolute atomic E-state index is 0.170. The maximum absolute atomic E-state index is 12.2. The van der Waals surface area contributed by atoms with Gasteiger partial charge in [-0.2, -0.15) is 0 Å². The number of benzene rings is 1. The summed E-state index contributed by atoms with van der Waals surface area (Å²) in [5, 5.41) is 6.27. The first kappa shape index (κ1) is 17.8. The van der Waals surface area contributed by atoms with E-state index in [9.17, 15) is 9.59 Å². The van der Waals surface area contributed by atoms with Gasteiger partial charge in [-0.3, -0.25) is 9.59 Å². The van der Waals surface area contributed by atoms with Crippen LogP contribution in [0.2, 0.25) is 0 Å². The minimum atomic E-state index is -0.523. The van der Waals surface area contributed by atoms with E-state index < -0.39 is 10.9 Å². The maximum atomic E-state index is 12.2. The lowest BCUT2D eigenvalue weighted by Gasteiger charge is -2.21. The fourth-order valence-corrected chi connectivity index (χ4v) is 3.26. The first-order chi connectivity index (χ1) is 13.5. The third kappa shape index (κ3) is 2.90. The zero-order chi connectivity index (χ0) is 19.8. The van der Waals surface area contributed by atoms with E-state index >= 15 is 0 Å². The first-order valence-corrected chi connectivity index (χ1v) is 8.93. The van der Waals surface area contributed by atoms with Crippen LogP contribution in [0.4, 0.5) is 17.1 Å². The molecule has 2 aromatic heterocycles. The molecule has 2 aromatic carbocycles. The Labute approximate surface area is 161 Å². The molecule has 4 aromatic rings. The Kier molecular flexibility index (Phi) is 4.35. The third-order valence-corrected chi connectivity index (χ3v) is 4.94. The molecule has 0 amide bonds. The van der Waals surface area contributed by atoms with Gasteiger partial charge >= 0.3 is 0 Å². The predicted octanol–water partition coefficient (Wildman–Crippen LogP) is 3.16. The van der Waals surface area contributed by atoms with Crippen LogP contribution >= 0.6 is 0 Å². The molecule has 0 radical (unpaired) electrons. The number of rotatable bonds is 6. The number of nitrogens with one attached hydrogen (secondary N) is 2. The highest BCUT2D eigenvalue weighted by Crippen LogP contribution is 2.28. The van der Waals surface area contributed by atoms with Gasteiger partial charge in [-0.15, -0.1) is 0 Å². The molecular weight excluding hydrogens is 356 g/mol. The molecule has 7 heteroatoms. The fourth-order valence-electron chi connectivity index (χ4n) is 3.26. The van der Waals surface area contributed by atoms with Crippen LogP contribution in [0.1, 0.15) is 24.2 Å². The van der Waals surface area contributed by atoms with Gasteiger partial charge in [-0.25, -0.2) is 4.98 Å². The van der Waals surface area contributed by atoms with E-state index in [1.807, 2.05) is 60.8 Å². The van der Waals surface area contributed by atoms with Crippen LogP contribution in [0.5, 0.6) is 5.75 Å². The average Bonchev–Trinajstić information content (AvgIpc) is 3.21. The summed E-state index contributed by atoms with van der Waals surface area (Å²) in [5.74, 6) is 0.735. The summed E-state index contributed by atoms with van der Waals surface area (Å²) in [6, 6.07) is 11.1. The second-order valence-electron chi connectivity index (χ2n) is 6.66. The van der Waals surface area contributed by atoms with Crippen LogP contribution in [-0.4, -0.2) is 16.5 Å². The Bertz CT molecular complexity index is 1230. The van der Waals surface area contributed by atoms with Crippen molar-refractivity contribution in [2.24, 2.45) is 0 Å². The number of hydrogen-bond acceptors (Lipinski definition) is 6. The number of methoxy groups -OCH3 is 1. The topological polar surface area (TPSA) is 84.7 Å². The summed E-state index contributed by atoms with van der Waals surface area (Å²) < 4.78 is 7.17. The number of ether oxygens (including phenoxy) is 1. The normalized spacial score (nSPS) is 12.2. The highest BCUT2D eigenvalue weighted by Gasteiger charge is 2.23. The van der Waals surface area contributed by atoms with Crippen LogP contribution in [0, 0.1) is 6.92 Å². The molecule has 2 N–H and O–H groups in total. The van der Waals surface area contributed by atoms with Crippen LogP contribution in [-0.2, 0) is 0 Å². The molecule has 0 spiro atoms. The highest BCUT2D eigenvalue weighted by molar-refractivity contribution is 5.80. The molecule has 0 saturated heterocycles. The van der Waals surface area contributed by atoms with Gasteiger partial charge in [0.1, 0.15) is 22.8 Å². The molecule has 0 saturated carbocycles. The number of pyridine rings is 1. The summed E-state index contributed by atoms with van der Waals surface area (Å²) in [4.78, 5) is 28.6. The van der Waals surface area contributed by atoms with Crippen molar-refractivity contribution >= 4 is 22.7 Å². The van der Waals surface area contributed by atoms with Crippen LogP contribution in [0.25, 0.3) is 5.65 Å². The number of hydrogen-bond donors (Lipinski definition) is 2. The van der Waals surface area contributed by atoms with E-state index in [-0.39, 0.29) is 11.7 Å². The van der Waals surface area contributed by atoms with Gasteiger partial charge in [0.05, 0.1) is 12.8 Å². The number of fused-ring (bicyclic) bond motifs is 1. The van der Waals surface area contributed by atoms with Gasteiger partial charge < -0.3 is 19.8 Å². The largest absolute Gasteiger partial charge is 0.497 e. The maximum Gasteiger partial charge on any atom is 0.253 e. The summed E-state index contributed by atoms with van der Waals surface area (Å²) in [7, 11) is 1.61. The Morgan fingerprint density at radius 3 is 2.68 bits per heavy atom. The highest BCUT2D eigenvalue weighted by atomic mass is 16.5. The fraction of sp³-hybridized carbons (Fsp3) is 0.190. The Balaban J connectivity index is 1.62. The van der Waals surface area contributed by atoms with Crippen molar-refractivity contribution in [1.29, 1.82) is 0 Å². The summed E-state index contributed by atoms with van der Waals surface area (Å²) >= 11 is 0. The Morgan fingerprint density at radius 2 is 1.89 bits per heavy atom. The van der Waals surface area contributed by atoms with Crippen molar-refractivity contribution in [2.75, 3.05) is 17.7 Å². The molecule has 0 aliphatic rings. The second kappa shape index (κ2) is 6.84. The van der Waals surface area contributed by atoms with Gasteiger partial charge in [0.25, 0.3) is 10.9 Å². The summed E-state index contributed by atoms with van der Waals surface area (Å²) in [6.45, 7) is 3.85. The van der Waals surface area contributed by atoms with E-state index in [0.29, 0.717) is 5.69 Å². The van der Waals surface area contributed by atoms with Gasteiger partial charge in [0, 0.05) is 24.1 Å². The smallest absolute Gasteiger partial charge is 0.253 e. The molecular formula is C21H20N4O3. The predicted molar refractivity (Wildman–Crippen MR) is 110 cm³/mol. The van der Waals surface area contributed by atoms with Gasteiger partial charge in [0.2, 0.25) is 0 Å². The molecule has 0 aliphatic carbocycles. The molecule has 0 aliphatic heterocycles. The summed E-state index contributed by atoms with van der Waals surface area (Å²) in [5.41, 5.74) is 2.95. The number of imidazole rings is 1. The van der Waals surface area contributed by atoms with Crippen molar-refractivity contribution in [3.05, 3.63) is 80.5 Å². The van der Waals surface area contributed by atoms with Crippen molar-refractivity contribution in [3.63, 3.8) is 0 Å². The van der Waals surface area contributed by atoms with Crippen molar-refractivity contribution in [1.82, 2.24) is 9.38 Å². The Hall–Kier alpha value is -3.61. The van der Waals surface area contributed by atoms with E-state index in [2.05, 4.69) is 15.6 Å². The standard InChI is InChI=1S/C21H20N4O3/c1-12(14-5-4-6-15(11-14)28-3)23-18-19(21(27)20(18)26)24-16-7-8-17-22-9-10-25(17)13(16)2/h4-12,23-24H,1-3H3/t12-/m1/s1. The first-order valence-electron chi connectivity index (χ1n) is 8.93. The zero-order valence-corrected chi connectivity index (χ0v) is 15.8. The number of aryl methyl sites for hydroxylation is 1. The van der Waals surface area contributed by atoms with E-state index in [1.165, 1.54) is 0 Å². The van der Waals surface area contributed by atoms with Gasteiger partial charge in [-0.05, 0) is 43.7 Å². The zero-order valence-electron chi connectivity index (χ0n) is 15.8. The lowest BCUT2D eigenvalue weighted by molar-refractivity contribution is 0.414. The molecule has 2 heterocycles. The van der Waals surface area contributed by atoms with E-state index in [4.69, 9.17) is 4.74 Å². The van der Waals surface area contributed by atoms with Crippen LogP contribution < -0.4 is 26.2 Å². The summed E-state index contributed by atoms with van der Waals surface area (Å²) in [6.07, 6.45) is 3.56. The molecule has 4 rings (SSSR count). The van der Waals surface area contributed by atoms with E-state index in [1.54, 1.807) is 13.3 Å².